The number of nitrogens with two attached hydrogens (primary N) is 1. The summed E-state index contributed by atoms with van der Waals surface area (Å²) in [4.78, 5) is 26.8. The highest BCUT2D eigenvalue weighted by Gasteiger charge is 2.42. The summed E-state index contributed by atoms with van der Waals surface area (Å²) >= 11 is 0. The minimum Gasteiger partial charge on any atom is -0.480 e. The Bertz CT molecular complexity index is 341. The molecule has 2 saturated heterocycles. The molecule has 18 heavy (non-hydrogen) atoms. The summed E-state index contributed by atoms with van der Waals surface area (Å²) < 4.78 is 0. The maximum absolute atomic E-state index is 12.0. The number of rotatable bonds is 4. The van der Waals surface area contributed by atoms with Gasteiger partial charge in [0.15, 0.2) is 0 Å². The average Bonchev–Trinajstić information content (AvgIpc) is 2.95. The minimum atomic E-state index is -1.25. The van der Waals surface area contributed by atoms with Crippen LogP contribution in [0.1, 0.15) is 25.7 Å². The molecule has 102 valence electrons. The Kier molecular flexibility index (Phi) is 3.87. The van der Waals surface area contributed by atoms with Gasteiger partial charge in [-0.25, -0.2) is 0 Å². The fourth-order valence-corrected chi connectivity index (χ4v) is 2.64. The molecule has 2 heterocycles. The fraction of sp³-hybridized carbons (Fsp3) is 0.833. The number of hydrogen-bond acceptors (Lipinski definition) is 4. The second-order valence-electron chi connectivity index (χ2n) is 5.33. The van der Waals surface area contributed by atoms with Gasteiger partial charge in [0.25, 0.3) is 0 Å². The van der Waals surface area contributed by atoms with Crippen LogP contribution in [0.3, 0.4) is 0 Å². The first-order chi connectivity index (χ1) is 8.51. The molecule has 2 aliphatic heterocycles. The number of nitrogens with zero attached hydrogens (tertiary/aromatic N) is 2. The number of carboxylic acids is 1. The van der Waals surface area contributed by atoms with Crippen molar-refractivity contribution in [3.8, 4) is 0 Å². The van der Waals surface area contributed by atoms with Crippen LogP contribution in [0.2, 0.25) is 0 Å². The van der Waals surface area contributed by atoms with E-state index in [0.29, 0.717) is 19.4 Å². The van der Waals surface area contributed by atoms with Crippen molar-refractivity contribution in [1.82, 2.24) is 9.80 Å². The van der Waals surface area contributed by atoms with Crippen LogP contribution in [0.4, 0.5) is 0 Å². The molecule has 0 aromatic carbocycles. The molecule has 2 aliphatic rings. The van der Waals surface area contributed by atoms with Crippen molar-refractivity contribution in [2.24, 2.45) is 5.73 Å². The molecule has 0 aliphatic carbocycles. The highest BCUT2D eigenvalue weighted by molar-refractivity contribution is 5.83. The second kappa shape index (κ2) is 5.24. The van der Waals surface area contributed by atoms with Gasteiger partial charge in [0, 0.05) is 26.1 Å². The predicted molar refractivity (Wildman–Crippen MR) is 66.0 cm³/mol. The summed E-state index contributed by atoms with van der Waals surface area (Å²) in [6, 6.07) is 0. The van der Waals surface area contributed by atoms with E-state index in [-0.39, 0.29) is 12.5 Å². The SMILES string of the molecule is NC1(C(=O)O)CCN(C(=O)CCN2CCCC2)C1. The van der Waals surface area contributed by atoms with Crippen molar-refractivity contribution in [2.75, 3.05) is 32.7 Å². The number of aliphatic carboxylic acids is 1. The van der Waals surface area contributed by atoms with Crippen molar-refractivity contribution in [3.63, 3.8) is 0 Å². The molecule has 1 unspecified atom stereocenters. The molecule has 0 saturated carbocycles. The minimum absolute atomic E-state index is 0.0236. The highest BCUT2D eigenvalue weighted by Crippen LogP contribution is 2.20. The number of carboxylic acid groups (broad SMARTS) is 1. The van der Waals surface area contributed by atoms with Crippen LogP contribution in [0.5, 0.6) is 0 Å². The summed E-state index contributed by atoms with van der Waals surface area (Å²) in [5, 5.41) is 9.00. The molecule has 3 N–H and O–H groups in total. The Hall–Kier alpha value is -1.14. The van der Waals surface area contributed by atoms with Crippen LogP contribution >= 0.6 is 0 Å². The highest BCUT2D eigenvalue weighted by atomic mass is 16.4. The molecule has 0 bridgehead atoms. The van der Waals surface area contributed by atoms with Gasteiger partial charge in [0.1, 0.15) is 5.54 Å². The molecule has 0 spiro atoms. The normalized spacial score (nSPS) is 28.8. The Labute approximate surface area is 107 Å². The van der Waals surface area contributed by atoms with Crippen LogP contribution < -0.4 is 5.73 Å². The Morgan fingerprint density at radius 3 is 2.44 bits per heavy atom. The molecular weight excluding hydrogens is 234 g/mol. The van der Waals surface area contributed by atoms with Crippen LogP contribution in [0.15, 0.2) is 0 Å². The van der Waals surface area contributed by atoms with Gasteiger partial charge in [0.2, 0.25) is 5.91 Å². The second-order valence-corrected chi connectivity index (χ2v) is 5.33. The van der Waals surface area contributed by atoms with Gasteiger partial charge < -0.3 is 20.6 Å². The number of carbonyl (C=O) groups excluding carboxylic acids is 1. The van der Waals surface area contributed by atoms with Gasteiger partial charge in [-0.05, 0) is 32.4 Å². The number of carbonyl (C=O) groups is 2. The Morgan fingerprint density at radius 1 is 1.22 bits per heavy atom. The van der Waals surface area contributed by atoms with E-state index in [2.05, 4.69) is 4.90 Å². The maximum atomic E-state index is 12.0. The molecular formula is C12H21N3O3. The molecule has 0 radical (unpaired) electrons. The quantitative estimate of drug-likeness (QED) is 0.706. The van der Waals surface area contributed by atoms with E-state index in [9.17, 15) is 9.59 Å². The summed E-state index contributed by atoms with van der Waals surface area (Å²) in [6.45, 7) is 3.52. The lowest BCUT2D eigenvalue weighted by Gasteiger charge is -2.21. The molecule has 2 fully saturated rings. The Balaban J connectivity index is 1.78. The molecule has 1 amide bonds. The van der Waals surface area contributed by atoms with Crippen LogP contribution in [0, 0.1) is 0 Å². The third-order valence-electron chi connectivity index (χ3n) is 3.92. The van der Waals surface area contributed by atoms with Gasteiger partial charge in [-0.15, -0.1) is 0 Å². The van der Waals surface area contributed by atoms with Gasteiger partial charge in [-0.2, -0.15) is 0 Å². The summed E-state index contributed by atoms with van der Waals surface area (Å²) in [7, 11) is 0. The third-order valence-corrected chi connectivity index (χ3v) is 3.92. The van der Waals surface area contributed by atoms with E-state index in [0.717, 1.165) is 19.6 Å². The van der Waals surface area contributed by atoms with E-state index in [1.54, 1.807) is 4.90 Å². The molecule has 0 aromatic heterocycles. The van der Waals surface area contributed by atoms with Crippen molar-refractivity contribution < 1.29 is 14.7 Å². The monoisotopic (exact) mass is 255 g/mol. The van der Waals surface area contributed by atoms with E-state index in [1.807, 2.05) is 0 Å². The van der Waals surface area contributed by atoms with Gasteiger partial charge in [-0.3, -0.25) is 9.59 Å². The zero-order chi connectivity index (χ0) is 13.2. The lowest BCUT2D eigenvalue weighted by atomic mass is 10.0. The van der Waals surface area contributed by atoms with Crippen LogP contribution in [-0.2, 0) is 9.59 Å². The van der Waals surface area contributed by atoms with Crippen LogP contribution in [0.25, 0.3) is 0 Å². The van der Waals surface area contributed by atoms with E-state index < -0.39 is 11.5 Å². The standard InChI is InChI=1S/C12H21N3O3/c13-12(11(17)18)4-8-15(9-12)10(16)3-7-14-5-1-2-6-14/h1-9,13H2,(H,17,18). The molecule has 0 aromatic rings. The van der Waals surface area contributed by atoms with Gasteiger partial charge in [-0.1, -0.05) is 0 Å². The molecule has 6 heteroatoms. The molecule has 1 atom stereocenters. The number of amides is 1. The van der Waals surface area contributed by atoms with Crippen molar-refractivity contribution >= 4 is 11.9 Å². The smallest absolute Gasteiger partial charge is 0.325 e. The topological polar surface area (TPSA) is 86.9 Å². The van der Waals surface area contributed by atoms with E-state index in [4.69, 9.17) is 10.8 Å². The largest absolute Gasteiger partial charge is 0.480 e. The number of hydrogen-bond donors (Lipinski definition) is 2. The van der Waals surface area contributed by atoms with Crippen molar-refractivity contribution in [2.45, 2.75) is 31.2 Å². The zero-order valence-corrected chi connectivity index (χ0v) is 10.6. The fourth-order valence-electron chi connectivity index (χ4n) is 2.64. The average molecular weight is 255 g/mol. The maximum Gasteiger partial charge on any atom is 0.325 e. The van der Waals surface area contributed by atoms with Crippen molar-refractivity contribution in [3.05, 3.63) is 0 Å². The lowest BCUT2D eigenvalue weighted by molar-refractivity contribution is -0.143. The van der Waals surface area contributed by atoms with Gasteiger partial charge in [0.05, 0.1) is 0 Å². The van der Waals surface area contributed by atoms with Crippen molar-refractivity contribution in [1.29, 1.82) is 0 Å². The number of likely N-dealkylation sites (tertiary alicyclic amines) is 2. The van der Waals surface area contributed by atoms with E-state index >= 15 is 0 Å². The first-order valence-electron chi connectivity index (χ1n) is 6.54. The van der Waals surface area contributed by atoms with Crippen LogP contribution in [-0.4, -0.2) is 65.0 Å². The summed E-state index contributed by atoms with van der Waals surface area (Å²) in [5.74, 6) is -0.993. The Morgan fingerprint density at radius 2 is 1.89 bits per heavy atom. The first-order valence-corrected chi connectivity index (χ1v) is 6.54. The summed E-state index contributed by atoms with van der Waals surface area (Å²) in [5.41, 5.74) is 4.50. The van der Waals surface area contributed by atoms with Gasteiger partial charge >= 0.3 is 5.97 Å². The molecule has 6 nitrogen and oxygen atoms in total. The summed E-state index contributed by atoms with van der Waals surface area (Å²) in [6.07, 6.45) is 3.24. The third kappa shape index (κ3) is 2.81. The lowest BCUT2D eigenvalue weighted by Crippen LogP contribution is -2.50. The van der Waals surface area contributed by atoms with E-state index in [1.165, 1.54) is 12.8 Å². The predicted octanol–water partition coefficient (Wildman–Crippen LogP) is -0.513. The molecule has 2 rings (SSSR count). The first kappa shape index (κ1) is 13.3. The zero-order valence-electron chi connectivity index (χ0n) is 10.6.